The van der Waals surface area contributed by atoms with Crippen LogP contribution in [0.15, 0.2) is 53.5 Å². The van der Waals surface area contributed by atoms with Crippen molar-refractivity contribution in [1.29, 1.82) is 0 Å². The minimum Gasteiger partial charge on any atom is -0.357 e. The Labute approximate surface area is 166 Å². The van der Waals surface area contributed by atoms with Gasteiger partial charge < -0.3 is 10.6 Å². The highest BCUT2D eigenvalue weighted by molar-refractivity contribution is 7.92. The van der Waals surface area contributed by atoms with Crippen LogP contribution in [0.4, 0.5) is 5.69 Å². The van der Waals surface area contributed by atoms with Crippen molar-refractivity contribution in [3.63, 3.8) is 0 Å². The molecule has 3 N–H and O–H groups in total. The Morgan fingerprint density at radius 3 is 2.59 bits per heavy atom. The molecule has 6 nitrogen and oxygen atoms in total. The summed E-state index contributed by atoms with van der Waals surface area (Å²) in [6, 6.07) is 15.0. The minimum absolute atomic E-state index is 0.352. The summed E-state index contributed by atoms with van der Waals surface area (Å²) in [6.07, 6.45) is 1.95. The van der Waals surface area contributed by atoms with E-state index >= 15 is 0 Å². The number of halogens is 1. The van der Waals surface area contributed by atoms with E-state index < -0.39 is 10.0 Å². The molecule has 0 unspecified atom stereocenters. The second-order valence-corrected chi connectivity index (χ2v) is 8.22. The summed E-state index contributed by atoms with van der Waals surface area (Å²) in [4.78, 5) is 4.56. The highest BCUT2D eigenvalue weighted by atomic mass is 35.5. The summed E-state index contributed by atoms with van der Waals surface area (Å²) in [7, 11) is -3.34. The molecule has 0 radical (unpaired) electrons. The molecule has 0 atom stereocenters. The predicted molar refractivity (Wildman–Crippen MR) is 113 cm³/mol. The first-order chi connectivity index (χ1) is 12.9. The maximum atomic E-state index is 11.5. The fourth-order valence-electron chi connectivity index (χ4n) is 2.48. The molecule has 0 aliphatic carbocycles. The number of para-hydroxylation sites is 1. The number of sulfonamides is 1. The maximum absolute atomic E-state index is 11.5. The molecular formula is C19H25ClN4O2S. The van der Waals surface area contributed by atoms with Crippen LogP contribution in [-0.2, 0) is 23.0 Å². The molecule has 0 saturated carbocycles. The smallest absolute Gasteiger partial charge is 0.229 e. The lowest BCUT2D eigenvalue weighted by Crippen LogP contribution is -2.38. The lowest BCUT2D eigenvalue weighted by molar-refractivity contribution is 0.606. The third-order valence-electron chi connectivity index (χ3n) is 3.66. The molecule has 0 heterocycles. The van der Waals surface area contributed by atoms with Gasteiger partial charge in [0.2, 0.25) is 10.0 Å². The second kappa shape index (κ2) is 10.2. The van der Waals surface area contributed by atoms with Crippen molar-refractivity contribution in [3.05, 3.63) is 64.7 Å². The van der Waals surface area contributed by atoms with Gasteiger partial charge in [-0.1, -0.05) is 41.9 Å². The van der Waals surface area contributed by atoms with Crippen LogP contribution in [-0.4, -0.2) is 33.7 Å². The first kappa shape index (κ1) is 21.1. The summed E-state index contributed by atoms with van der Waals surface area (Å²) in [6.45, 7) is 3.78. The third-order valence-corrected chi connectivity index (χ3v) is 4.49. The van der Waals surface area contributed by atoms with Crippen LogP contribution in [0.3, 0.4) is 0 Å². The molecule has 0 bridgehead atoms. The maximum Gasteiger partial charge on any atom is 0.229 e. The van der Waals surface area contributed by atoms with Crippen molar-refractivity contribution in [2.24, 2.45) is 4.99 Å². The fourth-order valence-corrected chi connectivity index (χ4v) is 3.29. The van der Waals surface area contributed by atoms with E-state index in [2.05, 4.69) is 20.3 Å². The van der Waals surface area contributed by atoms with Gasteiger partial charge in [0.25, 0.3) is 0 Å². The molecule has 27 heavy (non-hydrogen) atoms. The molecule has 2 aromatic rings. The van der Waals surface area contributed by atoms with Crippen LogP contribution in [0, 0.1) is 0 Å². The average molecular weight is 409 g/mol. The minimum atomic E-state index is -3.34. The first-order valence-corrected chi connectivity index (χ1v) is 11.0. The lowest BCUT2D eigenvalue weighted by atomic mass is 10.1. The average Bonchev–Trinajstić information content (AvgIpc) is 2.59. The normalized spacial score (nSPS) is 11.9. The topological polar surface area (TPSA) is 82.6 Å². The van der Waals surface area contributed by atoms with Gasteiger partial charge in [-0.05, 0) is 42.7 Å². The van der Waals surface area contributed by atoms with Gasteiger partial charge in [-0.2, -0.15) is 0 Å². The molecule has 0 aromatic heterocycles. The van der Waals surface area contributed by atoms with Gasteiger partial charge in [0.1, 0.15) is 0 Å². The second-order valence-electron chi connectivity index (χ2n) is 6.03. The van der Waals surface area contributed by atoms with Crippen LogP contribution >= 0.6 is 11.6 Å². The summed E-state index contributed by atoms with van der Waals surface area (Å²) >= 11 is 6.01. The van der Waals surface area contributed by atoms with Crippen LogP contribution < -0.4 is 15.4 Å². The summed E-state index contributed by atoms with van der Waals surface area (Å²) in [5.74, 6) is 0.675. The van der Waals surface area contributed by atoms with Gasteiger partial charge in [0.15, 0.2) is 5.96 Å². The van der Waals surface area contributed by atoms with Crippen molar-refractivity contribution in [3.8, 4) is 0 Å². The van der Waals surface area contributed by atoms with E-state index in [1.165, 1.54) is 0 Å². The number of benzene rings is 2. The zero-order valence-corrected chi connectivity index (χ0v) is 17.1. The molecule has 0 aliphatic rings. The van der Waals surface area contributed by atoms with Crippen LogP contribution in [0.2, 0.25) is 5.02 Å². The molecule has 0 fully saturated rings. The number of nitrogens with one attached hydrogen (secondary N) is 3. The molecular weight excluding hydrogens is 384 g/mol. The number of hydrogen-bond acceptors (Lipinski definition) is 3. The lowest BCUT2D eigenvalue weighted by Gasteiger charge is -2.13. The molecule has 2 rings (SSSR count). The van der Waals surface area contributed by atoms with Gasteiger partial charge in [-0.25, -0.2) is 13.4 Å². The Morgan fingerprint density at radius 1 is 1.11 bits per heavy atom. The SMILES string of the molecule is CCNC(=NCc1ccccc1NS(C)(=O)=O)NCCc1cccc(Cl)c1. The van der Waals surface area contributed by atoms with Crippen molar-refractivity contribution in [2.45, 2.75) is 19.9 Å². The molecule has 0 saturated heterocycles. The van der Waals surface area contributed by atoms with Crippen molar-refractivity contribution in [2.75, 3.05) is 24.1 Å². The number of aliphatic imine (C=N–C) groups is 1. The molecule has 0 spiro atoms. The zero-order chi connectivity index (χ0) is 19.7. The number of guanidine groups is 1. The highest BCUT2D eigenvalue weighted by Gasteiger charge is 2.07. The van der Waals surface area contributed by atoms with Crippen molar-refractivity contribution >= 4 is 33.3 Å². The van der Waals surface area contributed by atoms with Gasteiger partial charge in [0, 0.05) is 18.1 Å². The number of hydrogen-bond donors (Lipinski definition) is 3. The Morgan fingerprint density at radius 2 is 1.89 bits per heavy atom. The van der Waals surface area contributed by atoms with Crippen molar-refractivity contribution < 1.29 is 8.42 Å². The molecule has 0 aliphatic heterocycles. The predicted octanol–water partition coefficient (Wildman–Crippen LogP) is 3.01. The van der Waals surface area contributed by atoms with E-state index in [1.807, 2.05) is 43.3 Å². The molecule has 2 aromatic carbocycles. The monoisotopic (exact) mass is 408 g/mol. The summed E-state index contributed by atoms with van der Waals surface area (Å²) < 4.78 is 25.6. The Hall–Kier alpha value is -2.25. The molecule has 0 amide bonds. The van der Waals surface area contributed by atoms with Crippen LogP contribution in [0.1, 0.15) is 18.1 Å². The van der Waals surface area contributed by atoms with Crippen LogP contribution in [0.25, 0.3) is 0 Å². The van der Waals surface area contributed by atoms with Crippen LogP contribution in [0.5, 0.6) is 0 Å². The first-order valence-electron chi connectivity index (χ1n) is 8.69. The molecule has 8 heteroatoms. The number of rotatable bonds is 8. The largest absolute Gasteiger partial charge is 0.357 e. The highest BCUT2D eigenvalue weighted by Crippen LogP contribution is 2.17. The van der Waals surface area contributed by atoms with Crippen molar-refractivity contribution in [1.82, 2.24) is 10.6 Å². The van der Waals surface area contributed by atoms with E-state index in [0.717, 1.165) is 35.4 Å². The van der Waals surface area contributed by atoms with Gasteiger partial charge in [-0.3, -0.25) is 4.72 Å². The Balaban J connectivity index is 2.01. The van der Waals surface area contributed by atoms with Gasteiger partial charge >= 0.3 is 0 Å². The summed E-state index contributed by atoms with van der Waals surface area (Å²) in [5, 5.41) is 7.20. The van der Waals surface area contributed by atoms with E-state index in [4.69, 9.17) is 11.6 Å². The fraction of sp³-hybridized carbons (Fsp3) is 0.316. The van der Waals surface area contributed by atoms with E-state index in [9.17, 15) is 8.42 Å². The van der Waals surface area contributed by atoms with E-state index in [-0.39, 0.29) is 0 Å². The third kappa shape index (κ3) is 7.88. The summed E-state index contributed by atoms with van der Waals surface area (Å²) in [5.41, 5.74) is 2.49. The van der Waals surface area contributed by atoms with Gasteiger partial charge in [0.05, 0.1) is 18.5 Å². The van der Waals surface area contributed by atoms with E-state index in [1.54, 1.807) is 12.1 Å². The van der Waals surface area contributed by atoms with E-state index in [0.29, 0.717) is 24.7 Å². The number of anilines is 1. The quantitative estimate of drug-likeness (QED) is 0.463. The van der Waals surface area contributed by atoms with Gasteiger partial charge in [-0.15, -0.1) is 0 Å². The Kier molecular flexibility index (Phi) is 7.94. The molecule has 146 valence electrons. The number of nitrogens with zero attached hydrogens (tertiary/aromatic N) is 1. The standard InChI is InChI=1S/C19H25ClN4O2S/c1-3-21-19(22-12-11-15-7-6-9-17(20)13-15)23-14-16-8-4-5-10-18(16)24-27(2,25)26/h4-10,13,24H,3,11-12,14H2,1-2H3,(H2,21,22,23). The zero-order valence-electron chi connectivity index (χ0n) is 15.5. The Bertz CT molecular complexity index is 885.